The summed E-state index contributed by atoms with van der Waals surface area (Å²) in [7, 11) is 0. The van der Waals surface area contributed by atoms with Crippen molar-refractivity contribution in [3.05, 3.63) is 42.0 Å². The minimum absolute atomic E-state index is 0.259. The fourth-order valence-electron chi connectivity index (χ4n) is 3.82. The molecule has 0 atom stereocenters. The lowest BCUT2D eigenvalue weighted by Gasteiger charge is -2.26. The quantitative estimate of drug-likeness (QED) is 0.221. The summed E-state index contributed by atoms with van der Waals surface area (Å²) < 4.78 is 11.0. The van der Waals surface area contributed by atoms with Crippen LogP contribution in [0.2, 0.25) is 0 Å². The Kier molecular flexibility index (Phi) is 10.8. The molecule has 0 aromatic heterocycles. The molecular weight excluding hydrogens is 348 g/mol. The Bertz CT molecular complexity index is 568. The van der Waals surface area contributed by atoms with E-state index in [1.165, 1.54) is 51.4 Å². The summed E-state index contributed by atoms with van der Waals surface area (Å²) in [6.45, 7) is 5.42. The number of rotatable bonds is 12. The molecule has 0 aliphatic heterocycles. The van der Waals surface area contributed by atoms with E-state index in [4.69, 9.17) is 9.47 Å². The summed E-state index contributed by atoms with van der Waals surface area (Å²) in [6, 6.07) is 7.22. The van der Waals surface area contributed by atoms with Crippen molar-refractivity contribution in [3.8, 4) is 5.75 Å². The second kappa shape index (κ2) is 13.4. The van der Waals surface area contributed by atoms with Crippen molar-refractivity contribution in [2.24, 2.45) is 11.8 Å². The average Bonchev–Trinajstić information content (AvgIpc) is 2.73. The Labute approximate surface area is 171 Å². The van der Waals surface area contributed by atoms with Crippen LogP contribution in [0, 0.1) is 11.8 Å². The number of ether oxygens (including phenoxy) is 2. The summed E-state index contributed by atoms with van der Waals surface area (Å²) in [4.78, 5) is 11.9. The van der Waals surface area contributed by atoms with E-state index in [1.54, 1.807) is 12.1 Å². The number of benzene rings is 1. The van der Waals surface area contributed by atoms with Crippen LogP contribution in [0.5, 0.6) is 5.75 Å². The highest BCUT2D eigenvalue weighted by molar-refractivity contribution is 5.89. The molecular formula is C25H38O3. The van der Waals surface area contributed by atoms with Gasteiger partial charge in [0.25, 0.3) is 0 Å². The molecule has 1 fully saturated rings. The Hall–Kier alpha value is -1.77. The number of carbonyl (C=O) groups excluding carboxylic acids is 1. The van der Waals surface area contributed by atoms with Gasteiger partial charge in [0.05, 0.1) is 12.2 Å². The monoisotopic (exact) mass is 386 g/mol. The Balaban J connectivity index is 1.63. The summed E-state index contributed by atoms with van der Waals surface area (Å²) in [5, 5.41) is 0. The minimum Gasteiger partial charge on any atom is -0.490 e. The van der Waals surface area contributed by atoms with Crippen molar-refractivity contribution in [1.29, 1.82) is 0 Å². The molecule has 0 unspecified atom stereocenters. The number of esters is 1. The average molecular weight is 387 g/mol. The molecule has 2 rings (SSSR count). The highest BCUT2D eigenvalue weighted by Crippen LogP contribution is 2.32. The zero-order valence-corrected chi connectivity index (χ0v) is 17.8. The highest BCUT2D eigenvalue weighted by Gasteiger charge is 2.18. The Morgan fingerprint density at radius 1 is 1.00 bits per heavy atom. The van der Waals surface area contributed by atoms with Crippen LogP contribution in [-0.2, 0) is 4.74 Å². The predicted molar refractivity (Wildman–Crippen MR) is 116 cm³/mol. The van der Waals surface area contributed by atoms with Crippen molar-refractivity contribution >= 4 is 5.97 Å². The van der Waals surface area contributed by atoms with Gasteiger partial charge in [-0.2, -0.15) is 0 Å². The first-order chi connectivity index (χ1) is 13.7. The molecule has 3 heteroatoms. The van der Waals surface area contributed by atoms with Gasteiger partial charge in [-0.05, 0) is 68.2 Å². The number of allylic oxidation sites excluding steroid dienone is 1. The number of unbranched alkanes of at least 4 members (excludes halogenated alkanes) is 3. The maximum atomic E-state index is 11.9. The van der Waals surface area contributed by atoms with Crippen molar-refractivity contribution in [2.75, 3.05) is 13.2 Å². The molecule has 1 aliphatic carbocycles. The molecule has 1 aliphatic rings. The van der Waals surface area contributed by atoms with Crippen LogP contribution in [0.1, 0.15) is 88.4 Å². The largest absolute Gasteiger partial charge is 0.490 e. The third kappa shape index (κ3) is 8.50. The molecule has 1 saturated carbocycles. The third-order valence-electron chi connectivity index (χ3n) is 5.68. The summed E-state index contributed by atoms with van der Waals surface area (Å²) in [6.07, 6.45) is 17.4. The fourth-order valence-corrected chi connectivity index (χ4v) is 3.82. The first-order valence-corrected chi connectivity index (χ1v) is 11.3. The van der Waals surface area contributed by atoms with E-state index in [2.05, 4.69) is 26.0 Å². The summed E-state index contributed by atoms with van der Waals surface area (Å²) >= 11 is 0. The van der Waals surface area contributed by atoms with Gasteiger partial charge in [-0.3, -0.25) is 0 Å². The van der Waals surface area contributed by atoms with Gasteiger partial charge >= 0.3 is 5.97 Å². The van der Waals surface area contributed by atoms with Gasteiger partial charge in [0, 0.05) is 0 Å². The predicted octanol–water partition coefficient (Wildman–Crippen LogP) is 6.97. The first kappa shape index (κ1) is 22.5. The lowest BCUT2D eigenvalue weighted by molar-refractivity contribution is 0.0499. The molecule has 0 N–H and O–H groups in total. The van der Waals surface area contributed by atoms with Gasteiger partial charge < -0.3 is 9.47 Å². The molecule has 0 bridgehead atoms. The Morgan fingerprint density at radius 2 is 1.71 bits per heavy atom. The second-order valence-electron chi connectivity index (χ2n) is 8.03. The highest BCUT2D eigenvalue weighted by atomic mass is 16.5. The van der Waals surface area contributed by atoms with Crippen LogP contribution in [0.4, 0.5) is 0 Å². The van der Waals surface area contributed by atoms with Crippen LogP contribution >= 0.6 is 0 Å². The van der Waals surface area contributed by atoms with E-state index >= 15 is 0 Å². The summed E-state index contributed by atoms with van der Waals surface area (Å²) in [5.74, 6) is 2.20. The van der Waals surface area contributed by atoms with Crippen LogP contribution in [0.3, 0.4) is 0 Å². The number of hydrogen-bond acceptors (Lipinski definition) is 3. The second-order valence-corrected chi connectivity index (χ2v) is 8.03. The molecule has 1 aromatic carbocycles. The zero-order chi connectivity index (χ0) is 20.0. The van der Waals surface area contributed by atoms with Crippen LogP contribution in [0.25, 0.3) is 0 Å². The molecule has 156 valence electrons. The molecule has 0 radical (unpaired) electrons. The van der Waals surface area contributed by atoms with E-state index < -0.39 is 0 Å². The molecule has 0 saturated heterocycles. The minimum atomic E-state index is -0.259. The van der Waals surface area contributed by atoms with Gasteiger partial charge in [0.2, 0.25) is 0 Å². The first-order valence-electron chi connectivity index (χ1n) is 11.3. The van der Waals surface area contributed by atoms with E-state index in [1.807, 2.05) is 12.1 Å². The van der Waals surface area contributed by atoms with Gasteiger partial charge in [0.1, 0.15) is 12.4 Å². The smallest absolute Gasteiger partial charge is 0.338 e. The molecule has 28 heavy (non-hydrogen) atoms. The van der Waals surface area contributed by atoms with E-state index in [9.17, 15) is 4.79 Å². The van der Waals surface area contributed by atoms with Crippen molar-refractivity contribution < 1.29 is 14.3 Å². The van der Waals surface area contributed by atoms with E-state index in [0.29, 0.717) is 24.7 Å². The van der Waals surface area contributed by atoms with E-state index in [-0.39, 0.29) is 5.97 Å². The van der Waals surface area contributed by atoms with Crippen LogP contribution in [0.15, 0.2) is 36.4 Å². The van der Waals surface area contributed by atoms with Gasteiger partial charge in [0.15, 0.2) is 0 Å². The van der Waals surface area contributed by atoms with Crippen molar-refractivity contribution in [3.63, 3.8) is 0 Å². The Morgan fingerprint density at radius 3 is 2.39 bits per heavy atom. The zero-order valence-electron chi connectivity index (χ0n) is 17.8. The lowest BCUT2D eigenvalue weighted by Crippen LogP contribution is -2.13. The molecule has 1 aromatic rings. The maximum absolute atomic E-state index is 11.9. The third-order valence-corrected chi connectivity index (χ3v) is 5.68. The summed E-state index contributed by atoms with van der Waals surface area (Å²) in [5.41, 5.74) is 0.578. The van der Waals surface area contributed by atoms with Crippen molar-refractivity contribution in [2.45, 2.75) is 78.1 Å². The van der Waals surface area contributed by atoms with Crippen LogP contribution < -0.4 is 4.74 Å². The fraction of sp³-hybridized carbons (Fsp3) is 0.640. The SMILES string of the molecule is CCCCC[C@H]1CC[C@H](/C=C/COc2ccc(C(=O)OCCCC)cc2)CC1. The standard InChI is InChI=1S/C25H38O3/c1-3-5-7-9-21-11-13-22(14-12-21)10-8-20-27-24-17-15-23(16-18-24)25(26)28-19-6-4-2/h8,10,15-18,21-22H,3-7,9,11-14,19-20H2,1-2H3/b10-8+/t21-,22-. The number of carbonyl (C=O) groups is 1. The van der Waals surface area contributed by atoms with Crippen molar-refractivity contribution in [1.82, 2.24) is 0 Å². The van der Waals surface area contributed by atoms with Crippen LogP contribution in [-0.4, -0.2) is 19.2 Å². The van der Waals surface area contributed by atoms with Gasteiger partial charge in [-0.25, -0.2) is 4.79 Å². The molecule has 0 amide bonds. The maximum Gasteiger partial charge on any atom is 0.338 e. The lowest BCUT2D eigenvalue weighted by atomic mass is 9.79. The molecule has 0 spiro atoms. The normalized spacial score (nSPS) is 19.6. The van der Waals surface area contributed by atoms with E-state index in [0.717, 1.165) is 24.5 Å². The molecule has 0 heterocycles. The number of hydrogen-bond donors (Lipinski definition) is 0. The topological polar surface area (TPSA) is 35.5 Å². The molecule has 3 nitrogen and oxygen atoms in total. The van der Waals surface area contributed by atoms with Gasteiger partial charge in [-0.15, -0.1) is 0 Å². The van der Waals surface area contributed by atoms with Gasteiger partial charge in [-0.1, -0.05) is 58.1 Å².